The van der Waals surface area contributed by atoms with Gasteiger partial charge in [-0.15, -0.1) is 0 Å². The summed E-state index contributed by atoms with van der Waals surface area (Å²) >= 11 is 0. The third-order valence-electron chi connectivity index (χ3n) is 4.02. The van der Waals surface area contributed by atoms with E-state index in [2.05, 4.69) is 5.32 Å². The van der Waals surface area contributed by atoms with Crippen LogP contribution < -0.4 is 5.32 Å². The van der Waals surface area contributed by atoms with Gasteiger partial charge in [0.1, 0.15) is 0 Å². The minimum Gasteiger partial charge on any atom is -0.383 e. The van der Waals surface area contributed by atoms with E-state index in [9.17, 15) is 13.2 Å². The summed E-state index contributed by atoms with van der Waals surface area (Å²) < 4.78 is 31.7. The zero-order chi connectivity index (χ0) is 16.9. The molecule has 1 amide bonds. The summed E-state index contributed by atoms with van der Waals surface area (Å²) in [5, 5.41) is 2.79. The summed E-state index contributed by atoms with van der Waals surface area (Å²) in [6.45, 7) is 3.49. The van der Waals surface area contributed by atoms with Gasteiger partial charge in [-0.05, 0) is 31.9 Å². The number of nitrogens with one attached hydrogen (secondary N) is 1. The molecule has 2 rings (SSSR count). The van der Waals surface area contributed by atoms with E-state index >= 15 is 0 Å². The Morgan fingerprint density at radius 1 is 1.35 bits per heavy atom. The number of hydrogen-bond acceptors (Lipinski definition) is 4. The molecule has 0 bridgehead atoms. The van der Waals surface area contributed by atoms with Crippen molar-refractivity contribution >= 4 is 15.9 Å². The predicted molar refractivity (Wildman–Crippen MR) is 87.5 cm³/mol. The molecule has 1 aliphatic heterocycles. The van der Waals surface area contributed by atoms with Crippen molar-refractivity contribution in [1.29, 1.82) is 0 Å². The molecule has 0 aromatic heterocycles. The third-order valence-corrected chi connectivity index (χ3v) is 5.90. The van der Waals surface area contributed by atoms with Crippen LogP contribution in [0.5, 0.6) is 0 Å². The Balaban J connectivity index is 2.05. The maximum absolute atomic E-state index is 12.7. The molecule has 1 N–H and O–H groups in total. The fourth-order valence-electron chi connectivity index (χ4n) is 2.65. The van der Waals surface area contributed by atoms with E-state index in [1.165, 1.54) is 4.31 Å². The molecule has 1 unspecified atom stereocenters. The fourth-order valence-corrected chi connectivity index (χ4v) is 4.18. The van der Waals surface area contributed by atoms with E-state index in [1.807, 2.05) is 6.92 Å². The summed E-state index contributed by atoms with van der Waals surface area (Å²) in [4.78, 5) is 12.4. The predicted octanol–water partition coefficient (Wildman–Crippen LogP) is 1.16. The van der Waals surface area contributed by atoms with E-state index in [0.29, 0.717) is 32.5 Å². The summed E-state index contributed by atoms with van der Waals surface area (Å²) in [6.07, 6.45) is 1.40. The number of methoxy groups -OCH3 is 1. The quantitative estimate of drug-likeness (QED) is 0.789. The van der Waals surface area contributed by atoms with Crippen molar-refractivity contribution < 1.29 is 17.9 Å². The highest BCUT2D eigenvalue weighted by Gasteiger charge is 2.33. The molecule has 1 aliphatic rings. The average molecular weight is 340 g/mol. The number of carbonyl (C=O) groups is 1. The standard InChI is InChI=1S/C16H24N2O4S/c1-13-5-7-15(8-6-13)23(20,21)18-10-3-4-14(12-18)16(19)17-9-11-22-2/h5-8,14H,3-4,9-12H2,1-2H3,(H,17,19). The third kappa shape index (κ3) is 4.53. The maximum Gasteiger partial charge on any atom is 0.243 e. The van der Waals surface area contributed by atoms with Crippen LogP contribution in [-0.2, 0) is 19.6 Å². The van der Waals surface area contributed by atoms with E-state index in [4.69, 9.17) is 4.74 Å². The first kappa shape index (κ1) is 17.9. The Labute approximate surface area is 137 Å². The van der Waals surface area contributed by atoms with Crippen LogP contribution in [0.3, 0.4) is 0 Å². The summed E-state index contributed by atoms with van der Waals surface area (Å²) in [5.41, 5.74) is 1.01. The van der Waals surface area contributed by atoms with Crippen molar-refractivity contribution in [3.8, 4) is 0 Å². The van der Waals surface area contributed by atoms with Gasteiger partial charge < -0.3 is 10.1 Å². The molecule has 128 valence electrons. The molecule has 1 heterocycles. The Kier molecular flexibility index (Phi) is 6.15. The minimum absolute atomic E-state index is 0.106. The van der Waals surface area contributed by atoms with Crippen LogP contribution >= 0.6 is 0 Å². The van der Waals surface area contributed by atoms with E-state index in [-0.39, 0.29) is 23.3 Å². The summed E-state index contributed by atoms with van der Waals surface area (Å²) in [5.74, 6) is -0.410. The van der Waals surface area contributed by atoms with E-state index < -0.39 is 10.0 Å². The molecule has 23 heavy (non-hydrogen) atoms. The molecule has 0 spiro atoms. The highest BCUT2D eigenvalue weighted by Crippen LogP contribution is 2.24. The Morgan fingerprint density at radius 3 is 2.70 bits per heavy atom. The van der Waals surface area contributed by atoms with Gasteiger partial charge in [-0.1, -0.05) is 17.7 Å². The minimum atomic E-state index is -3.54. The highest BCUT2D eigenvalue weighted by atomic mass is 32.2. The number of rotatable bonds is 6. The number of sulfonamides is 1. The van der Waals surface area contributed by atoms with Crippen molar-refractivity contribution in [3.05, 3.63) is 29.8 Å². The lowest BCUT2D eigenvalue weighted by molar-refractivity contribution is -0.126. The van der Waals surface area contributed by atoms with Crippen LogP contribution in [0.25, 0.3) is 0 Å². The molecule has 1 fully saturated rings. The first-order valence-corrected chi connectivity index (χ1v) is 9.22. The summed E-state index contributed by atoms with van der Waals surface area (Å²) in [6, 6.07) is 6.80. The number of ether oxygens (including phenoxy) is 1. The van der Waals surface area contributed by atoms with Crippen LogP contribution in [-0.4, -0.2) is 52.0 Å². The number of aryl methyl sites for hydroxylation is 1. The molecule has 0 radical (unpaired) electrons. The lowest BCUT2D eigenvalue weighted by atomic mass is 9.99. The van der Waals surface area contributed by atoms with Crippen molar-refractivity contribution in [2.24, 2.45) is 5.92 Å². The molecular weight excluding hydrogens is 316 g/mol. The van der Waals surface area contributed by atoms with Crippen molar-refractivity contribution in [3.63, 3.8) is 0 Å². The number of nitrogens with zero attached hydrogens (tertiary/aromatic N) is 1. The highest BCUT2D eigenvalue weighted by molar-refractivity contribution is 7.89. The molecule has 1 saturated heterocycles. The second-order valence-electron chi connectivity index (χ2n) is 5.80. The SMILES string of the molecule is COCCNC(=O)C1CCCN(S(=O)(=O)c2ccc(C)cc2)C1. The van der Waals surface area contributed by atoms with Gasteiger partial charge in [0, 0.05) is 26.7 Å². The Morgan fingerprint density at radius 2 is 2.04 bits per heavy atom. The van der Waals surface area contributed by atoms with Crippen molar-refractivity contribution in [2.45, 2.75) is 24.7 Å². The van der Waals surface area contributed by atoms with Gasteiger partial charge in [0.05, 0.1) is 17.4 Å². The molecule has 7 heteroatoms. The number of carbonyl (C=O) groups excluding carboxylic acids is 1. The first-order valence-electron chi connectivity index (χ1n) is 7.78. The largest absolute Gasteiger partial charge is 0.383 e. The van der Waals surface area contributed by atoms with Gasteiger partial charge in [0.15, 0.2) is 0 Å². The van der Waals surface area contributed by atoms with E-state index in [1.54, 1.807) is 31.4 Å². The Bertz CT molecular complexity index is 628. The van der Waals surface area contributed by atoms with Gasteiger partial charge in [0.25, 0.3) is 0 Å². The van der Waals surface area contributed by atoms with Crippen LogP contribution in [0.4, 0.5) is 0 Å². The molecule has 1 aromatic carbocycles. The van der Waals surface area contributed by atoms with Crippen LogP contribution in [0, 0.1) is 12.8 Å². The van der Waals surface area contributed by atoms with Crippen LogP contribution in [0.2, 0.25) is 0 Å². The molecule has 6 nitrogen and oxygen atoms in total. The lowest BCUT2D eigenvalue weighted by Crippen LogP contribution is -2.45. The topological polar surface area (TPSA) is 75.7 Å². The van der Waals surface area contributed by atoms with Gasteiger partial charge in [-0.3, -0.25) is 4.79 Å². The molecule has 0 aliphatic carbocycles. The number of hydrogen-bond donors (Lipinski definition) is 1. The van der Waals surface area contributed by atoms with Crippen molar-refractivity contribution in [1.82, 2.24) is 9.62 Å². The molecule has 0 saturated carbocycles. The second kappa shape index (κ2) is 7.90. The number of amides is 1. The van der Waals surface area contributed by atoms with E-state index in [0.717, 1.165) is 5.56 Å². The van der Waals surface area contributed by atoms with Crippen molar-refractivity contribution in [2.75, 3.05) is 33.4 Å². The molecule has 1 aromatic rings. The smallest absolute Gasteiger partial charge is 0.243 e. The maximum atomic E-state index is 12.7. The van der Waals surface area contributed by atoms with Gasteiger partial charge in [-0.2, -0.15) is 4.31 Å². The van der Waals surface area contributed by atoms with Gasteiger partial charge in [0.2, 0.25) is 15.9 Å². The zero-order valence-electron chi connectivity index (χ0n) is 13.6. The average Bonchev–Trinajstić information content (AvgIpc) is 2.55. The first-order chi connectivity index (χ1) is 10.9. The van der Waals surface area contributed by atoms with Gasteiger partial charge in [-0.25, -0.2) is 8.42 Å². The van der Waals surface area contributed by atoms with Crippen LogP contribution in [0.1, 0.15) is 18.4 Å². The van der Waals surface area contributed by atoms with Crippen LogP contribution in [0.15, 0.2) is 29.2 Å². The molecular formula is C16H24N2O4S. The second-order valence-corrected chi connectivity index (χ2v) is 7.74. The Hall–Kier alpha value is -1.44. The summed E-state index contributed by atoms with van der Waals surface area (Å²) in [7, 11) is -1.97. The lowest BCUT2D eigenvalue weighted by Gasteiger charge is -2.31. The number of benzene rings is 1. The monoisotopic (exact) mass is 340 g/mol. The normalized spacial score (nSPS) is 19.5. The fraction of sp³-hybridized carbons (Fsp3) is 0.562. The number of piperidine rings is 1. The molecule has 1 atom stereocenters. The zero-order valence-corrected chi connectivity index (χ0v) is 14.4. The van der Waals surface area contributed by atoms with Gasteiger partial charge >= 0.3 is 0 Å².